The van der Waals surface area contributed by atoms with Gasteiger partial charge in [0.1, 0.15) is 0 Å². The van der Waals surface area contributed by atoms with Gasteiger partial charge >= 0.3 is 0 Å². The Hall–Kier alpha value is -9.76. The van der Waals surface area contributed by atoms with Crippen LogP contribution in [0.15, 0.2) is 303 Å². The van der Waals surface area contributed by atoms with E-state index < -0.39 is 5.41 Å². The smallest absolute Gasteiger partial charge is 0.0727 e. The van der Waals surface area contributed by atoms with Crippen molar-refractivity contribution in [2.24, 2.45) is 0 Å². The van der Waals surface area contributed by atoms with Crippen LogP contribution in [0.25, 0.3) is 66.8 Å². The molecule has 12 aromatic rings. The fourth-order valence-corrected chi connectivity index (χ4v) is 12.0. The first-order valence-electron chi connectivity index (χ1n) is 25.9. The molecule has 352 valence electrons. The fraction of sp³-hybridized carbons (Fsp3) is 0.0137. The lowest BCUT2D eigenvalue weighted by molar-refractivity contribution is 0.793. The highest BCUT2D eigenvalue weighted by atomic mass is 15.1. The van der Waals surface area contributed by atoms with E-state index in [9.17, 15) is 0 Å². The fourth-order valence-electron chi connectivity index (χ4n) is 12.0. The van der Waals surface area contributed by atoms with E-state index >= 15 is 0 Å². The molecule has 0 fully saturated rings. The normalized spacial score (nSPS) is 12.4. The molecule has 0 radical (unpaired) electrons. The van der Waals surface area contributed by atoms with Gasteiger partial charge in [0.05, 0.1) is 5.41 Å². The Morgan fingerprint density at radius 3 is 0.693 bits per heavy atom. The van der Waals surface area contributed by atoms with Crippen LogP contribution in [0.1, 0.15) is 22.3 Å². The molecule has 0 aliphatic heterocycles. The zero-order valence-electron chi connectivity index (χ0n) is 41.3. The third-order valence-corrected chi connectivity index (χ3v) is 15.5. The number of rotatable bonds is 10. The summed E-state index contributed by atoms with van der Waals surface area (Å²) >= 11 is 0. The molecule has 2 heteroatoms. The van der Waals surface area contributed by atoms with Crippen LogP contribution >= 0.6 is 0 Å². The summed E-state index contributed by atoms with van der Waals surface area (Å²) < 4.78 is 0. The summed E-state index contributed by atoms with van der Waals surface area (Å²) in [7, 11) is 0. The van der Waals surface area contributed by atoms with Crippen molar-refractivity contribution in [3.63, 3.8) is 0 Å². The van der Waals surface area contributed by atoms with E-state index in [-0.39, 0.29) is 0 Å². The highest BCUT2D eigenvalue weighted by Gasteiger charge is 2.52. The molecular weight excluding hydrogens is 905 g/mol. The molecule has 0 heterocycles. The van der Waals surface area contributed by atoms with Gasteiger partial charge < -0.3 is 9.80 Å². The van der Waals surface area contributed by atoms with Gasteiger partial charge in [-0.25, -0.2) is 0 Å². The van der Waals surface area contributed by atoms with E-state index in [0.29, 0.717) is 0 Å². The Bertz CT molecular complexity index is 3570. The van der Waals surface area contributed by atoms with Crippen LogP contribution in [0, 0.1) is 0 Å². The second-order valence-corrected chi connectivity index (χ2v) is 19.6. The average molecular weight is 955 g/mol. The van der Waals surface area contributed by atoms with Gasteiger partial charge in [0.2, 0.25) is 0 Å². The van der Waals surface area contributed by atoms with Gasteiger partial charge in [-0.05, 0) is 162 Å². The maximum atomic E-state index is 2.49. The van der Waals surface area contributed by atoms with Gasteiger partial charge in [-0.1, -0.05) is 231 Å². The van der Waals surface area contributed by atoms with E-state index in [0.717, 1.165) is 34.1 Å². The molecule has 2 aliphatic rings. The van der Waals surface area contributed by atoms with E-state index in [4.69, 9.17) is 0 Å². The lowest BCUT2D eigenvalue weighted by Gasteiger charge is -2.33. The first kappa shape index (κ1) is 44.0. The Morgan fingerprint density at radius 2 is 0.400 bits per heavy atom. The molecule has 0 atom stereocenters. The summed E-state index contributed by atoms with van der Waals surface area (Å²) in [5.74, 6) is 0. The van der Waals surface area contributed by atoms with Gasteiger partial charge in [-0.3, -0.25) is 0 Å². The SMILES string of the molecule is c1ccc(-c2ccc(N(c3ccc(-c4ccccc4)cc3)c3ccc4c(c3)C3(c5ccccc5-4)c4ccccc4-c4ccc(N(c5ccc(-c6ccccc6)cc5)c5ccc(-c6ccccc6)cc5)cc43)cc2)cc1. The van der Waals surface area contributed by atoms with E-state index in [1.165, 1.54) is 89.0 Å². The Kier molecular flexibility index (Phi) is 10.8. The summed E-state index contributed by atoms with van der Waals surface area (Å²) in [6.07, 6.45) is 0. The first-order valence-corrected chi connectivity index (χ1v) is 25.9. The van der Waals surface area contributed by atoms with Crippen LogP contribution in [0.5, 0.6) is 0 Å². The molecule has 14 rings (SSSR count). The highest BCUT2D eigenvalue weighted by molar-refractivity contribution is 5.98. The third-order valence-electron chi connectivity index (χ3n) is 15.5. The van der Waals surface area contributed by atoms with Crippen LogP contribution in [-0.2, 0) is 5.41 Å². The topological polar surface area (TPSA) is 6.48 Å². The number of hydrogen-bond acceptors (Lipinski definition) is 2. The summed E-state index contributed by atoms with van der Waals surface area (Å²) in [5.41, 5.74) is 25.7. The van der Waals surface area contributed by atoms with Crippen molar-refractivity contribution < 1.29 is 0 Å². The molecule has 0 aromatic heterocycles. The molecule has 0 saturated carbocycles. The van der Waals surface area contributed by atoms with Crippen LogP contribution in [0.3, 0.4) is 0 Å². The standard InChI is InChI=1S/C73H50N2/c1-5-17-51(18-6-1)55-29-37-59(38-30-55)74(60-39-31-56(32-40-60)52-19-7-2-8-20-52)63-45-47-67-65-25-13-15-27-69(65)73(71(67)49-63)70-28-16-14-26-66(70)68-48-46-64(50-72(68)73)75(61-41-33-57(34-42-61)53-21-9-3-10-22-53)62-43-35-58(36-44-62)54-23-11-4-12-24-54/h1-50H. The zero-order valence-corrected chi connectivity index (χ0v) is 41.3. The van der Waals surface area contributed by atoms with Gasteiger partial charge in [0.15, 0.2) is 0 Å². The molecule has 0 amide bonds. The lowest BCUT2D eigenvalue weighted by atomic mass is 9.70. The summed E-state index contributed by atoms with van der Waals surface area (Å²) in [4.78, 5) is 4.86. The minimum atomic E-state index is -0.607. The van der Waals surface area contributed by atoms with Crippen LogP contribution in [0.4, 0.5) is 34.1 Å². The molecule has 2 nitrogen and oxygen atoms in total. The van der Waals surface area contributed by atoms with Gasteiger partial charge in [0.25, 0.3) is 0 Å². The molecular formula is C73H50N2. The van der Waals surface area contributed by atoms with Crippen molar-refractivity contribution in [1.82, 2.24) is 0 Å². The third kappa shape index (κ3) is 7.49. The largest absolute Gasteiger partial charge is 0.310 e. The molecule has 0 N–H and O–H groups in total. The van der Waals surface area contributed by atoms with Crippen LogP contribution in [-0.4, -0.2) is 0 Å². The molecule has 0 saturated heterocycles. The van der Waals surface area contributed by atoms with Gasteiger partial charge in [0, 0.05) is 34.1 Å². The highest BCUT2D eigenvalue weighted by Crippen LogP contribution is 2.64. The zero-order chi connectivity index (χ0) is 49.7. The number of fused-ring (bicyclic) bond motifs is 10. The van der Waals surface area contributed by atoms with Crippen LogP contribution in [0.2, 0.25) is 0 Å². The van der Waals surface area contributed by atoms with Crippen molar-refractivity contribution in [3.05, 3.63) is 326 Å². The van der Waals surface area contributed by atoms with Crippen molar-refractivity contribution in [1.29, 1.82) is 0 Å². The number of anilines is 6. The monoisotopic (exact) mass is 954 g/mol. The number of benzene rings is 12. The van der Waals surface area contributed by atoms with Crippen molar-refractivity contribution in [2.45, 2.75) is 5.41 Å². The molecule has 75 heavy (non-hydrogen) atoms. The second kappa shape index (κ2) is 18.4. The minimum Gasteiger partial charge on any atom is -0.310 e. The van der Waals surface area contributed by atoms with Crippen molar-refractivity contribution in [3.8, 4) is 66.8 Å². The minimum absolute atomic E-state index is 0.607. The summed E-state index contributed by atoms with van der Waals surface area (Å²) in [5, 5.41) is 0. The maximum Gasteiger partial charge on any atom is 0.0727 e. The Labute approximate surface area is 439 Å². The van der Waals surface area contributed by atoms with E-state index in [2.05, 4.69) is 313 Å². The molecule has 0 unspecified atom stereocenters. The average Bonchev–Trinajstić information content (AvgIpc) is 4.06. The number of nitrogens with zero attached hydrogens (tertiary/aromatic N) is 2. The predicted molar refractivity (Wildman–Crippen MR) is 314 cm³/mol. The lowest BCUT2D eigenvalue weighted by Crippen LogP contribution is -2.26. The second-order valence-electron chi connectivity index (χ2n) is 19.6. The Morgan fingerprint density at radius 1 is 0.173 bits per heavy atom. The van der Waals surface area contributed by atoms with E-state index in [1.54, 1.807) is 0 Å². The molecule has 0 bridgehead atoms. The van der Waals surface area contributed by atoms with Crippen molar-refractivity contribution >= 4 is 34.1 Å². The molecule has 1 spiro atoms. The predicted octanol–water partition coefficient (Wildman–Crippen LogP) is 19.6. The quantitative estimate of drug-likeness (QED) is 0.135. The summed E-state index contributed by atoms with van der Waals surface area (Å²) in [6.45, 7) is 0. The number of hydrogen-bond donors (Lipinski definition) is 0. The van der Waals surface area contributed by atoms with Gasteiger partial charge in [-0.15, -0.1) is 0 Å². The first-order chi connectivity index (χ1) is 37.2. The molecule has 12 aromatic carbocycles. The van der Waals surface area contributed by atoms with Crippen LogP contribution < -0.4 is 9.80 Å². The maximum absolute atomic E-state index is 2.49. The van der Waals surface area contributed by atoms with Gasteiger partial charge in [-0.2, -0.15) is 0 Å². The van der Waals surface area contributed by atoms with E-state index in [1.807, 2.05) is 0 Å². The Balaban J connectivity index is 0.956. The summed E-state index contributed by atoms with van der Waals surface area (Å²) in [6, 6.07) is 111. The van der Waals surface area contributed by atoms with Crippen molar-refractivity contribution in [2.75, 3.05) is 9.80 Å². The molecule has 2 aliphatic carbocycles.